The molecule has 0 spiro atoms. The predicted octanol–water partition coefficient (Wildman–Crippen LogP) is 2.90. The highest BCUT2D eigenvalue weighted by molar-refractivity contribution is 4.92. The van der Waals surface area contributed by atoms with Crippen molar-refractivity contribution < 1.29 is 0 Å². The molecule has 0 unspecified atom stereocenters. The Kier molecular flexibility index (Phi) is 3.19. The van der Waals surface area contributed by atoms with Gasteiger partial charge < -0.3 is 4.90 Å². The smallest absolute Gasteiger partial charge is 0.180 e. The lowest BCUT2D eigenvalue weighted by atomic mass is 9.91. The van der Waals surface area contributed by atoms with Gasteiger partial charge in [-0.3, -0.25) is 0 Å². The molecule has 2 nitrogen and oxygen atoms in total. The molecule has 74 valence electrons. The quantitative estimate of drug-likeness (QED) is 0.458. The van der Waals surface area contributed by atoms with Crippen molar-refractivity contribution in [2.45, 2.75) is 64.5 Å². The molecule has 0 radical (unpaired) electrons. The minimum atomic E-state index is -0.00322. The Morgan fingerprint density at radius 2 is 1.69 bits per heavy atom. The van der Waals surface area contributed by atoms with Crippen LogP contribution in [0.1, 0.15) is 52.9 Å². The van der Waals surface area contributed by atoms with Crippen molar-refractivity contribution in [3.63, 3.8) is 0 Å². The zero-order valence-corrected chi connectivity index (χ0v) is 9.01. The van der Waals surface area contributed by atoms with E-state index in [9.17, 15) is 0 Å². The van der Waals surface area contributed by atoms with E-state index in [-0.39, 0.29) is 5.54 Å². The van der Waals surface area contributed by atoms with E-state index in [0.717, 1.165) is 0 Å². The summed E-state index contributed by atoms with van der Waals surface area (Å²) in [7, 11) is 0. The molecule has 1 aliphatic rings. The fraction of sp³-hybridized carbons (Fsp3) is 0.909. The highest BCUT2D eigenvalue weighted by Crippen LogP contribution is 2.27. The average Bonchev–Trinajstić information content (AvgIpc) is 2.05. The van der Waals surface area contributed by atoms with Gasteiger partial charge in [0.25, 0.3) is 0 Å². The number of nitriles is 1. The first-order valence-corrected chi connectivity index (χ1v) is 5.25. The Morgan fingerprint density at radius 3 is 2.08 bits per heavy atom. The zero-order chi connectivity index (χ0) is 9.90. The van der Waals surface area contributed by atoms with Crippen molar-refractivity contribution in [3.8, 4) is 6.19 Å². The van der Waals surface area contributed by atoms with Crippen molar-refractivity contribution in [3.05, 3.63) is 0 Å². The van der Waals surface area contributed by atoms with E-state index in [1.54, 1.807) is 0 Å². The Hall–Kier alpha value is -0.710. The second kappa shape index (κ2) is 4.00. The summed E-state index contributed by atoms with van der Waals surface area (Å²) in [6, 6.07) is 0.499. The molecule has 13 heavy (non-hydrogen) atoms. The molecule has 2 heteroatoms. The molecule has 0 aromatic rings. The first-order chi connectivity index (χ1) is 6.05. The maximum absolute atomic E-state index is 9.09. The van der Waals surface area contributed by atoms with Crippen LogP contribution in [0.15, 0.2) is 0 Å². The molecule has 0 N–H and O–H groups in total. The van der Waals surface area contributed by atoms with Gasteiger partial charge >= 0.3 is 0 Å². The second-order valence-corrected chi connectivity index (χ2v) is 4.93. The monoisotopic (exact) mass is 180 g/mol. The van der Waals surface area contributed by atoms with E-state index < -0.39 is 0 Å². The highest BCUT2D eigenvalue weighted by atomic mass is 15.2. The molecule has 0 aromatic heterocycles. The van der Waals surface area contributed by atoms with Crippen LogP contribution in [0.3, 0.4) is 0 Å². The summed E-state index contributed by atoms with van der Waals surface area (Å²) in [5, 5.41) is 9.09. The maximum Gasteiger partial charge on any atom is 0.180 e. The Morgan fingerprint density at radius 1 is 1.15 bits per heavy atom. The van der Waals surface area contributed by atoms with Crippen LogP contribution in [0, 0.1) is 11.5 Å². The minimum Gasteiger partial charge on any atom is -0.302 e. The third kappa shape index (κ3) is 2.62. The number of rotatable bonds is 1. The van der Waals surface area contributed by atoms with Crippen molar-refractivity contribution in [1.29, 1.82) is 5.26 Å². The first-order valence-electron chi connectivity index (χ1n) is 5.25. The van der Waals surface area contributed by atoms with Crippen LogP contribution < -0.4 is 0 Å². The standard InChI is InChI=1S/C11H20N2/c1-11(2,3)13(9-12)10-7-5-4-6-8-10/h10H,4-8H2,1-3H3. The van der Waals surface area contributed by atoms with Gasteiger partial charge in [0.05, 0.1) is 0 Å². The molecule has 0 heterocycles. The SMILES string of the molecule is CC(C)(C)N(C#N)C1CCCCC1. The number of hydrogen-bond acceptors (Lipinski definition) is 2. The van der Waals surface area contributed by atoms with Crippen LogP contribution in [0.4, 0.5) is 0 Å². The lowest BCUT2D eigenvalue weighted by Crippen LogP contribution is -2.45. The Labute approximate surface area is 81.5 Å². The minimum absolute atomic E-state index is 0.00322. The van der Waals surface area contributed by atoms with Crippen molar-refractivity contribution in [2.75, 3.05) is 0 Å². The lowest BCUT2D eigenvalue weighted by molar-refractivity contribution is 0.126. The summed E-state index contributed by atoms with van der Waals surface area (Å²) in [4.78, 5) is 1.98. The molecule has 1 rings (SSSR count). The maximum atomic E-state index is 9.09. The van der Waals surface area contributed by atoms with E-state index in [1.165, 1.54) is 32.1 Å². The fourth-order valence-corrected chi connectivity index (χ4v) is 2.12. The predicted molar refractivity (Wildman–Crippen MR) is 54.1 cm³/mol. The van der Waals surface area contributed by atoms with Gasteiger partial charge in [0, 0.05) is 11.6 Å². The van der Waals surface area contributed by atoms with Gasteiger partial charge in [0.1, 0.15) is 0 Å². The van der Waals surface area contributed by atoms with E-state index in [2.05, 4.69) is 27.0 Å². The van der Waals surface area contributed by atoms with E-state index >= 15 is 0 Å². The van der Waals surface area contributed by atoms with Crippen molar-refractivity contribution in [1.82, 2.24) is 4.90 Å². The number of nitrogens with zero attached hydrogens (tertiary/aromatic N) is 2. The fourth-order valence-electron chi connectivity index (χ4n) is 2.12. The molecule has 0 atom stereocenters. The summed E-state index contributed by atoms with van der Waals surface area (Å²) < 4.78 is 0. The third-order valence-corrected chi connectivity index (χ3v) is 2.77. The summed E-state index contributed by atoms with van der Waals surface area (Å²) in [5.41, 5.74) is -0.00322. The van der Waals surface area contributed by atoms with Gasteiger partial charge in [-0.25, -0.2) is 0 Å². The van der Waals surface area contributed by atoms with E-state index in [1.807, 2.05) is 4.90 Å². The zero-order valence-electron chi connectivity index (χ0n) is 9.01. The topological polar surface area (TPSA) is 27.0 Å². The van der Waals surface area contributed by atoms with Crippen molar-refractivity contribution >= 4 is 0 Å². The van der Waals surface area contributed by atoms with Crippen LogP contribution in [0.25, 0.3) is 0 Å². The Balaban J connectivity index is 2.61. The summed E-state index contributed by atoms with van der Waals surface area (Å²) >= 11 is 0. The molecule has 0 bridgehead atoms. The molecule has 0 saturated heterocycles. The molecule has 1 fully saturated rings. The van der Waals surface area contributed by atoms with Gasteiger partial charge in [-0.05, 0) is 33.6 Å². The molecule has 0 amide bonds. The molecule has 1 aliphatic carbocycles. The lowest BCUT2D eigenvalue weighted by Gasteiger charge is -2.39. The van der Waals surface area contributed by atoms with Crippen LogP contribution in [0.5, 0.6) is 0 Å². The summed E-state index contributed by atoms with van der Waals surface area (Å²) in [6.07, 6.45) is 8.67. The highest BCUT2D eigenvalue weighted by Gasteiger charge is 2.28. The first kappa shape index (κ1) is 10.4. The van der Waals surface area contributed by atoms with Gasteiger partial charge in [-0.1, -0.05) is 19.3 Å². The van der Waals surface area contributed by atoms with E-state index in [4.69, 9.17) is 5.26 Å². The number of hydrogen-bond donors (Lipinski definition) is 0. The molecule has 0 aromatic carbocycles. The van der Waals surface area contributed by atoms with Crippen LogP contribution >= 0.6 is 0 Å². The van der Waals surface area contributed by atoms with Gasteiger partial charge in [-0.15, -0.1) is 0 Å². The van der Waals surface area contributed by atoms with Crippen LogP contribution in [0.2, 0.25) is 0 Å². The molecular formula is C11H20N2. The van der Waals surface area contributed by atoms with E-state index in [0.29, 0.717) is 6.04 Å². The van der Waals surface area contributed by atoms with Gasteiger partial charge in [0.15, 0.2) is 6.19 Å². The Bertz CT molecular complexity index is 191. The van der Waals surface area contributed by atoms with Gasteiger partial charge in [-0.2, -0.15) is 5.26 Å². The summed E-state index contributed by atoms with van der Waals surface area (Å²) in [6.45, 7) is 6.35. The average molecular weight is 180 g/mol. The van der Waals surface area contributed by atoms with Gasteiger partial charge in [0.2, 0.25) is 0 Å². The molecular weight excluding hydrogens is 160 g/mol. The van der Waals surface area contributed by atoms with Crippen LogP contribution in [-0.2, 0) is 0 Å². The third-order valence-electron chi connectivity index (χ3n) is 2.77. The second-order valence-electron chi connectivity index (χ2n) is 4.93. The van der Waals surface area contributed by atoms with Crippen molar-refractivity contribution in [2.24, 2.45) is 0 Å². The normalized spacial score (nSPS) is 19.5. The van der Waals surface area contributed by atoms with Crippen LogP contribution in [-0.4, -0.2) is 16.5 Å². The molecule has 0 aliphatic heterocycles. The molecule has 1 saturated carbocycles. The summed E-state index contributed by atoms with van der Waals surface area (Å²) in [5.74, 6) is 0. The largest absolute Gasteiger partial charge is 0.302 e.